The van der Waals surface area contributed by atoms with E-state index in [0.29, 0.717) is 17.1 Å². The lowest BCUT2D eigenvalue weighted by Crippen LogP contribution is -2.40. The maximum absolute atomic E-state index is 12.9. The van der Waals surface area contributed by atoms with Gasteiger partial charge < -0.3 is 15.0 Å². The van der Waals surface area contributed by atoms with Gasteiger partial charge in [-0.3, -0.25) is 0 Å². The topological polar surface area (TPSA) is 51.6 Å². The minimum atomic E-state index is -4.40. The van der Waals surface area contributed by atoms with Crippen LogP contribution >= 0.6 is 0 Å². The monoisotopic (exact) mass is 352 g/mol. The standard InChI is InChI=1S/C18H19F3N2O2/c1-17(2,3)23-13(10-16(22)25-23)15-8-7-14(24-15)11-5-4-6-12(9-11)18(19,20)21/h4-10,13H,22H2,1-3H3. The first-order chi connectivity index (χ1) is 11.6. The summed E-state index contributed by atoms with van der Waals surface area (Å²) in [6.45, 7) is 5.88. The van der Waals surface area contributed by atoms with Crippen LogP contribution in [0, 0.1) is 0 Å². The molecule has 0 aliphatic carbocycles. The van der Waals surface area contributed by atoms with Crippen LogP contribution in [0.2, 0.25) is 0 Å². The lowest BCUT2D eigenvalue weighted by molar-refractivity contribution is -0.181. The maximum Gasteiger partial charge on any atom is 0.416 e. The normalized spacial score (nSPS) is 19.0. The Morgan fingerprint density at radius 1 is 1.08 bits per heavy atom. The fourth-order valence-electron chi connectivity index (χ4n) is 2.69. The van der Waals surface area contributed by atoms with E-state index < -0.39 is 11.7 Å². The number of halogens is 3. The van der Waals surface area contributed by atoms with Gasteiger partial charge in [-0.25, -0.2) is 0 Å². The molecule has 3 rings (SSSR count). The highest BCUT2D eigenvalue weighted by molar-refractivity contribution is 5.59. The third kappa shape index (κ3) is 3.51. The highest BCUT2D eigenvalue weighted by atomic mass is 19.4. The van der Waals surface area contributed by atoms with Crippen molar-refractivity contribution in [3.63, 3.8) is 0 Å². The molecule has 1 aliphatic rings. The molecule has 1 aromatic heterocycles. The van der Waals surface area contributed by atoms with Gasteiger partial charge in [0.15, 0.2) is 0 Å². The Bertz CT molecular complexity index is 803. The fraction of sp³-hybridized carbons (Fsp3) is 0.333. The maximum atomic E-state index is 12.9. The van der Waals surface area contributed by atoms with Crippen LogP contribution < -0.4 is 5.73 Å². The van der Waals surface area contributed by atoms with Crippen molar-refractivity contribution >= 4 is 0 Å². The van der Waals surface area contributed by atoms with E-state index in [2.05, 4.69) is 0 Å². The molecule has 7 heteroatoms. The van der Waals surface area contributed by atoms with Gasteiger partial charge >= 0.3 is 6.18 Å². The second-order valence-corrected chi connectivity index (χ2v) is 6.88. The van der Waals surface area contributed by atoms with E-state index in [4.69, 9.17) is 15.0 Å². The highest BCUT2D eigenvalue weighted by Gasteiger charge is 2.38. The molecule has 0 saturated heterocycles. The van der Waals surface area contributed by atoms with E-state index in [9.17, 15) is 13.2 Å². The van der Waals surface area contributed by atoms with E-state index >= 15 is 0 Å². The molecule has 2 heterocycles. The van der Waals surface area contributed by atoms with Crippen molar-refractivity contribution in [2.24, 2.45) is 5.73 Å². The fourth-order valence-corrected chi connectivity index (χ4v) is 2.69. The van der Waals surface area contributed by atoms with Gasteiger partial charge in [0.1, 0.15) is 17.6 Å². The summed E-state index contributed by atoms with van der Waals surface area (Å²) in [4.78, 5) is 5.53. The predicted molar refractivity (Wildman–Crippen MR) is 86.8 cm³/mol. The van der Waals surface area contributed by atoms with Crippen LogP contribution in [-0.4, -0.2) is 10.6 Å². The summed E-state index contributed by atoms with van der Waals surface area (Å²) in [7, 11) is 0. The Balaban J connectivity index is 1.93. The van der Waals surface area contributed by atoms with Crippen molar-refractivity contribution in [3.8, 4) is 11.3 Å². The largest absolute Gasteiger partial charge is 0.459 e. The molecule has 0 spiro atoms. The highest BCUT2D eigenvalue weighted by Crippen LogP contribution is 2.38. The van der Waals surface area contributed by atoms with Crippen molar-refractivity contribution < 1.29 is 22.4 Å². The van der Waals surface area contributed by atoms with E-state index in [1.807, 2.05) is 20.8 Å². The zero-order valence-corrected chi connectivity index (χ0v) is 14.1. The van der Waals surface area contributed by atoms with E-state index in [-0.39, 0.29) is 17.5 Å². The van der Waals surface area contributed by atoms with Crippen LogP contribution in [0.25, 0.3) is 11.3 Å². The zero-order valence-electron chi connectivity index (χ0n) is 14.1. The molecule has 1 aromatic carbocycles. The number of nitrogens with zero attached hydrogens (tertiary/aromatic N) is 1. The van der Waals surface area contributed by atoms with Gasteiger partial charge in [-0.15, -0.1) is 5.06 Å². The van der Waals surface area contributed by atoms with Gasteiger partial charge in [0, 0.05) is 17.2 Å². The number of rotatable bonds is 2. The summed E-state index contributed by atoms with van der Waals surface area (Å²) in [5.41, 5.74) is 5.07. The number of hydrogen-bond donors (Lipinski definition) is 1. The lowest BCUT2D eigenvalue weighted by atomic mass is 10.1. The van der Waals surface area contributed by atoms with E-state index in [1.54, 1.807) is 29.3 Å². The summed E-state index contributed by atoms with van der Waals surface area (Å²) >= 11 is 0. The second kappa shape index (κ2) is 5.84. The smallest absolute Gasteiger partial charge is 0.416 e. The van der Waals surface area contributed by atoms with E-state index in [1.165, 1.54) is 6.07 Å². The molecule has 1 aliphatic heterocycles. The summed E-state index contributed by atoms with van der Waals surface area (Å²) in [5, 5.41) is 1.69. The number of benzene rings is 1. The molecule has 2 aromatic rings. The van der Waals surface area contributed by atoms with Crippen molar-refractivity contribution in [3.05, 3.63) is 59.7 Å². The first kappa shape index (κ1) is 17.4. The molecule has 134 valence electrons. The predicted octanol–water partition coefficient (Wildman–Crippen LogP) is 4.85. The molecule has 0 radical (unpaired) electrons. The number of alkyl halides is 3. The van der Waals surface area contributed by atoms with Crippen LogP contribution in [-0.2, 0) is 11.0 Å². The van der Waals surface area contributed by atoms with Crippen molar-refractivity contribution in [1.29, 1.82) is 0 Å². The molecule has 2 N–H and O–H groups in total. The minimum Gasteiger partial charge on any atom is -0.459 e. The number of hydroxylamine groups is 2. The molecule has 0 amide bonds. The van der Waals surface area contributed by atoms with Crippen molar-refractivity contribution in [2.45, 2.75) is 38.5 Å². The van der Waals surface area contributed by atoms with Crippen molar-refractivity contribution in [2.75, 3.05) is 0 Å². The molecule has 4 nitrogen and oxygen atoms in total. The number of hydrogen-bond acceptors (Lipinski definition) is 4. The quantitative estimate of drug-likeness (QED) is 0.839. The zero-order chi connectivity index (χ0) is 18.4. The Kier molecular flexibility index (Phi) is 4.07. The van der Waals surface area contributed by atoms with E-state index in [0.717, 1.165) is 12.1 Å². The average molecular weight is 352 g/mol. The summed E-state index contributed by atoms with van der Waals surface area (Å²) in [6, 6.07) is 8.06. The summed E-state index contributed by atoms with van der Waals surface area (Å²) in [5.74, 6) is 1.16. The molecule has 0 saturated carbocycles. The first-order valence-electron chi connectivity index (χ1n) is 7.78. The molecule has 0 fully saturated rings. The number of nitrogens with two attached hydrogens (primary N) is 1. The SMILES string of the molecule is CC(C)(C)N1OC(N)=CC1c1ccc(-c2cccc(C(F)(F)F)c2)o1. The third-order valence-electron chi connectivity index (χ3n) is 3.83. The molecule has 25 heavy (non-hydrogen) atoms. The molecule has 0 bridgehead atoms. The summed E-state index contributed by atoms with van der Waals surface area (Å²) in [6.07, 6.45) is -2.69. The van der Waals surface area contributed by atoms with Gasteiger partial charge in [-0.05, 0) is 45.0 Å². The van der Waals surface area contributed by atoms with Crippen LogP contribution in [0.3, 0.4) is 0 Å². The molecular weight excluding hydrogens is 333 g/mol. The second-order valence-electron chi connectivity index (χ2n) is 6.88. The van der Waals surface area contributed by atoms with Gasteiger partial charge in [-0.2, -0.15) is 13.2 Å². The Hall–Kier alpha value is -2.41. The molecule has 1 unspecified atom stereocenters. The van der Waals surface area contributed by atoms with Gasteiger partial charge in [0.05, 0.1) is 5.56 Å². The third-order valence-corrected chi connectivity index (χ3v) is 3.83. The molecular formula is C18H19F3N2O2. The van der Waals surface area contributed by atoms with Crippen molar-refractivity contribution in [1.82, 2.24) is 5.06 Å². The van der Waals surface area contributed by atoms with Crippen LogP contribution in [0.15, 0.2) is 52.8 Å². The minimum absolute atomic E-state index is 0.261. The average Bonchev–Trinajstić information content (AvgIpc) is 3.12. The Labute approximate surface area is 143 Å². The van der Waals surface area contributed by atoms with Crippen LogP contribution in [0.5, 0.6) is 0 Å². The number of furan rings is 1. The Morgan fingerprint density at radius 3 is 2.44 bits per heavy atom. The Morgan fingerprint density at radius 2 is 1.80 bits per heavy atom. The first-order valence-corrected chi connectivity index (χ1v) is 7.78. The van der Waals surface area contributed by atoms with Crippen LogP contribution in [0.1, 0.15) is 38.1 Å². The van der Waals surface area contributed by atoms with Gasteiger partial charge in [0.25, 0.3) is 0 Å². The molecule has 1 atom stereocenters. The van der Waals surface area contributed by atoms with Crippen LogP contribution in [0.4, 0.5) is 13.2 Å². The summed E-state index contributed by atoms with van der Waals surface area (Å²) < 4.78 is 44.5. The lowest BCUT2D eigenvalue weighted by Gasteiger charge is -2.33. The van der Waals surface area contributed by atoms with Gasteiger partial charge in [0.2, 0.25) is 5.88 Å². The van der Waals surface area contributed by atoms with Gasteiger partial charge in [-0.1, -0.05) is 12.1 Å².